The third-order valence-corrected chi connectivity index (χ3v) is 3.88. The molecule has 1 saturated carbocycles. The van der Waals surface area contributed by atoms with E-state index in [1.165, 1.54) is 64.3 Å². The van der Waals surface area contributed by atoms with Crippen LogP contribution in [0, 0.1) is 0 Å². The highest BCUT2D eigenvalue weighted by atomic mass is 15.2. The quantitative estimate of drug-likeness (QED) is 0.560. The molecule has 0 radical (unpaired) electrons. The molecule has 1 unspecified atom stereocenters. The fourth-order valence-electron chi connectivity index (χ4n) is 2.73. The van der Waals surface area contributed by atoms with Gasteiger partial charge in [0.15, 0.2) is 0 Å². The number of hydrogen-bond acceptors (Lipinski definition) is 2. The van der Waals surface area contributed by atoms with Crippen LogP contribution in [0.1, 0.15) is 71.6 Å². The van der Waals surface area contributed by atoms with Gasteiger partial charge >= 0.3 is 0 Å². The number of nitrogens with zero attached hydrogens (tertiary/aromatic N) is 1. The van der Waals surface area contributed by atoms with Crippen molar-refractivity contribution in [1.29, 1.82) is 0 Å². The van der Waals surface area contributed by atoms with E-state index in [9.17, 15) is 0 Å². The molecular formula is C15H32N2. The number of nitrogens with two attached hydrogens (primary N) is 1. The topological polar surface area (TPSA) is 29.3 Å². The molecule has 0 bridgehead atoms. The smallest absolute Gasteiger partial charge is 0.0221 e. The van der Waals surface area contributed by atoms with Crippen LogP contribution in [0.3, 0.4) is 0 Å². The molecule has 1 rings (SSSR count). The maximum atomic E-state index is 5.97. The second kappa shape index (κ2) is 8.93. The fourth-order valence-corrected chi connectivity index (χ4v) is 2.73. The molecule has 1 atom stereocenters. The molecule has 2 N–H and O–H groups in total. The summed E-state index contributed by atoms with van der Waals surface area (Å²) in [7, 11) is 0. The summed E-state index contributed by atoms with van der Waals surface area (Å²) in [4.78, 5) is 2.69. The monoisotopic (exact) mass is 240 g/mol. The third kappa shape index (κ3) is 5.87. The van der Waals surface area contributed by atoms with Gasteiger partial charge in [0.1, 0.15) is 0 Å². The zero-order valence-electron chi connectivity index (χ0n) is 12.0. The number of rotatable bonds is 11. The van der Waals surface area contributed by atoms with Crippen molar-refractivity contribution in [3.8, 4) is 0 Å². The molecule has 2 nitrogen and oxygen atoms in total. The lowest BCUT2D eigenvalue weighted by atomic mass is 10.0. The van der Waals surface area contributed by atoms with Crippen LogP contribution >= 0.6 is 0 Å². The van der Waals surface area contributed by atoms with Crippen molar-refractivity contribution >= 4 is 0 Å². The van der Waals surface area contributed by atoms with E-state index in [0.717, 1.165) is 12.6 Å². The molecule has 0 saturated heterocycles. The van der Waals surface area contributed by atoms with Gasteiger partial charge < -0.3 is 5.73 Å². The van der Waals surface area contributed by atoms with E-state index in [2.05, 4.69) is 18.7 Å². The average molecular weight is 240 g/mol. The molecule has 0 spiro atoms. The van der Waals surface area contributed by atoms with Crippen molar-refractivity contribution in [3.05, 3.63) is 0 Å². The van der Waals surface area contributed by atoms with Gasteiger partial charge in [-0.1, -0.05) is 46.0 Å². The van der Waals surface area contributed by atoms with Gasteiger partial charge in [0.25, 0.3) is 0 Å². The van der Waals surface area contributed by atoms with Crippen LogP contribution in [0.5, 0.6) is 0 Å². The summed E-state index contributed by atoms with van der Waals surface area (Å²) in [6.07, 6.45) is 12.3. The molecular weight excluding hydrogens is 208 g/mol. The molecule has 0 aromatic carbocycles. The molecule has 0 aromatic rings. The third-order valence-electron chi connectivity index (χ3n) is 3.88. The SMILES string of the molecule is CCCCCCCC(CN)N(CCC)C1CC1. The maximum Gasteiger partial charge on any atom is 0.0221 e. The Kier molecular flexibility index (Phi) is 7.87. The Labute approximate surface area is 108 Å². The molecule has 17 heavy (non-hydrogen) atoms. The molecule has 1 fully saturated rings. The predicted molar refractivity (Wildman–Crippen MR) is 76.2 cm³/mol. The van der Waals surface area contributed by atoms with Crippen LogP contribution in [0.25, 0.3) is 0 Å². The van der Waals surface area contributed by atoms with Crippen LogP contribution < -0.4 is 5.73 Å². The van der Waals surface area contributed by atoms with E-state index in [0.29, 0.717) is 6.04 Å². The van der Waals surface area contributed by atoms with Gasteiger partial charge in [-0.2, -0.15) is 0 Å². The van der Waals surface area contributed by atoms with Gasteiger partial charge in [-0.25, -0.2) is 0 Å². The lowest BCUT2D eigenvalue weighted by molar-refractivity contribution is 0.178. The molecule has 0 aromatic heterocycles. The number of hydrogen-bond donors (Lipinski definition) is 1. The highest BCUT2D eigenvalue weighted by Crippen LogP contribution is 2.29. The summed E-state index contributed by atoms with van der Waals surface area (Å²) in [5, 5.41) is 0. The standard InChI is InChI=1S/C15H32N2/c1-3-5-6-7-8-9-15(13-16)17(12-4-2)14-10-11-14/h14-15H,3-13,16H2,1-2H3. The summed E-state index contributed by atoms with van der Waals surface area (Å²) < 4.78 is 0. The van der Waals surface area contributed by atoms with E-state index in [-0.39, 0.29) is 0 Å². The Hall–Kier alpha value is -0.0800. The van der Waals surface area contributed by atoms with Crippen molar-refractivity contribution in [2.24, 2.45) is 5.73 Å². The van der Waals surface area contributed by atoms with Crippen LogP contribution in [-0.2, 0) is 0 Å². The molecule has 1 aliphatic rings. The van der Waals surface area contributed by atoms with Crippen molar-refractivity contribution in [1.82, 2.24) is 4.90 Å². The van der Waals surface area contributed by atoms with Gasteiger partial charge in [-0.05, 0) is 32.2 Å². The van der Waals surface area contributed by atoms with E-state index in [4.69, 9.17) is 5.73 Å². The van der Waals surface area contributed by atoms with Crippen molar-refractivity contribution in [3.63, 3.8) is 0 Å². The minimum Gasteiger partial charge on any atom is -0.329 e. The van der Waals surface area contributed by atoms with Gasteiger partial charge in [0.05, 0.1) is 0 Å². The predicted octanol–water partition coefficient (Wildman–Crippen LogP) is 3.55. The summed E-state index contributed by atoms with van der Waals surface area (Å²) in [5.41, 5.74) is 5.97. The molecule has 0 heterocycles. The van der Waals surface area contributed by atoms with Gasteiger partial charge in [-0.15, -0.1) is 0 Å². The van der Waals surface area contributed by atoms with E-state index in [1.54, 1.807) is 0 Å². The van der Waals surface area contributed by atoms with Gasteiger partial charge in [0, 0.05) is 18.6 Å². The second-order valence-electron chi connectivity index (χ2n) is 5.56. The summed E-state index contributed by atoms with van der Waals surface area (Å²) >= 11 is 0. The van der Waals surface area contributed by atoms with Crippen LogP contribution in [0.4, 0.5) is 0 Å². The fraction of sp³-hybridized carbons (Fsp3) is 1.00. The number of unbranched alkanes of at least 4 members (excludes halogenated alkanes) is 4. The highest BCUT2D eigenvalue weighted by molar-refractivity contribution is 4.88. The average Bonchev–Trinajstić information content (AvgIpc) is 3.16. The van der Waals surface area contributed by atoms with Crippen LogP contribution in [0.15, 0.2) is 0 Å². The molecule has 102 valence electrons. The first-order valence-corrected chi connectivity index (χ1v) is 7.79. The maximum absolute atomic E-state index is 5.97. The van der Waals surface area contributed by atoms with Crippen molar-refractivity contribution in [2.75, 3.05) is 13.1 Å². The highest BCUT2D eigenvalue weighted by Gasteiger charge is 2.32. The first kappa shape index (κ1) is 15.0. The summed E-state index contributed by atoms with van der Waals surface area (Å²) in [6, 6.07) is 1.53. The Morgan fingerprint density at radius 1 is 1.06 bits per heavy atom. The van der Waals surface area contributed by atoms with Crippen LogP contribution in [0.2, 0.25) is 0 Å². The van der Waals surface area contributed by atoms with Gasteiger partial charge in [-0.3, -0.25) is 4.90 Å². The molecule has 0 amide bonds. The minimum atomic E-state index is 0.657. The van der Waals surface area contributed by atoms with E-state index < -0.39 is 0 Å². The van der Waals surface area contributed by atoms with Crippen molar-refractivity contribution < 1.29 is 0 Å². The lowest BCUT2D eigenvalue weighted by Crippen LogP contribution is -2.42. The lowest BCUT2D eigenvalue weighted by Gasteiger charge is -2.30. The Bertz CT molecular complexity index is 178. The minimum absolute atomic E-state index is 0.657. The van der Waals surface area contributed by atoms with Crippen LogP contribution in [-0.4, -0.2) is 30.1 Å². The first-order chi connectivity index (χ1) is 8.33. The normalized spacial score (nSPS) is 17.6. The van der Waals surface area contributed by atoms with E-state index >= 15 is 0 Å². The summed E-state index contributed by atoms with van der Waals surface area (Å²) in [6.45, 7) is 6.66. The first-order valence-electron chi connectivity index (χ1n) is 7.79. The Morgan fingerprint density at radius 3 is 2.29 bits per heavy atom. The second-order valence-corrected chi connectivity index (χ2v) is 5.56. The zero-order chi connectivity index (χ0) is 12.5. The molecule has 2 heteroatoms. The summed E-state index contributed by atoms with van der Waals surface area (Å²) in [5.74, 6) is 0. The Morgan fingerprint density at radius 2 is 1.76 bits per heavy atom. The van der Waals surface area contributed by atoms with E-state index in [1.807, 2.05) is 0 Å². The van der Waals surface area contributed by atoms with Crippen molar-refractivity contribution in [2.45, 2.75) is 83.7 Å². The van der Waals surface area contributed by atoms with Gasteiger partial charge in [0.2, 0.25) is 0 Å². The Balaban J connectivity index is 2.20. The zero-order valence-corrected chi connectivity index (χ0v) is 12.0. The molecule has 1 aliphatic carbocycles. The largest absolute Gasteiger partial charge is 0.329 e. The molecule has 0 aliphatic heterocycles.